The van der Waals surface area contributed by atoms with Crippen LogP contribution >= 0.6 is 0 Å². The van der Waals surface area contributed by atoms with Gasteiger partial charge in [0.05, 0.1) is 0 Å². The third-order valence-electron chi connectivity index (χ3n) is 4.71. The van der Waals surface area contributed by atoms with Crippen LogP contribution in [0.4, 0.5) is 0 Å². The van der Waals surface area contributed by atoms with Crippen molar-refractivity contribution in [3.05, 3.63) is 71.4 Å². The molecule has 0 atom stereocenters. The Hall–Kier alpha value is -3.08. The number of rotatable bonds is 6. The lowest BCUT2D eigenvalue weighted by molar-refractivity contribution is 0.0948. The molecule has 1 heterocycles. The fraction of sp³-hybridized carbons (Fsp3) is 0.304. The van der Waals surface area contributed by atoms with Gasteiger partial charge in [0.2, 0.25) is 0 Å². The van der Waals surface area contributed by atoms with E-state index in [0.29, 0.717) is 30.8 Å². The number of aromatic amines is 1. The molecular weight excluding hydrogens is 350 g/mol. The Labute approximate surface area is 165 Å². The van der Waals surface area contributed by atoms with E-state index in [0.717, 1.165) is 10.9 Å². The normalized spacial score (nSPS) is 11.4. The third kappa shape index (κ3) is 4.80. The molecule has 0 fully saturated rings. The molecular formula is C23H27N3O2. The van der Waals surface area contributed by atoms with Crippen molar-refractivity contribution in [2.75, 3.05) is 13.1 Å². The summed E-state index contributed by atoms with van der Waals surface area (Å²) in [5.74, 6) is -0.234. The largest absolute Gasteiger partial charge is 0.352 e. The van der Waals surface area contributed by atoms with Crippen LogP contribution in [0.5, 0.6) is 0 Å². The van der Waals surface area contributed by atoms with Crippen molar-refractivity contribution in [1.82, 2.24) is 15.6 Å². The van der Waals surface area contributed by atoms with Crippen LogP contribution in [0.25, 0.3) is 10.9 Å². The Bertz CT molecular complexity index is 932. The summed E-state index contributed by atoms with van der Waals surface area (Å²) in [5, 5.41) is 6.78. The number of carbonyl (C=O) groups is 2. The molecule has 0 aliphatic rings. The molecule has 0 saturated heterocycles. The van der Waals surface area contributed by atoms with E-state index in [1.807, 2.05) is 54.6 Å². The van der Waals surface area contributed by atoms with E-state index >= 15 is 0 Å². The zero-order valence-corrected chi connectivity index (χ0v) is 16.6. The quantitative estimate of drug-likeness (QED) is 0.568. The second-order valence-corrected chi connectivity index (χ2v) is 7.96. The molecule has 2 aromatic carbocycles. The van der Waals surface area contributed by atoms with Crippen LogP contribution in [0.1, 0.15) is 53.6 Å². The maximum atomic E-state index is 12.2. The van der Waals surface area contributed by atoms with Gasteiger partial charge in [-0.05, 0) is 41.7 Å². The fourth-order valence-electron chi connectivity index (χ4n) is 3.01. The van der Waals surface area contributed by atoms with E-state index < -0.39 is 0 Å². The molecule has 1 aromatic heterocycles. The van der Waals surface area contributed by atoms with Crippen LogP contribution in [0.2, 0.25) is 0 Å². The second-order valence-electron chi connectivity index (χ2n) is 7.96. The van der Waals surface area contributed by atoms with Gasteiger partial charge in [-0.25, -0.2) is 0 Å². The van der Waals surface area contributed by atoms with Crippen molar-refractivity contribution in [2.24, 2.45) is 0 Å². The predicted octanol–water partition coefficient (Wildman–Crippen LogP) is 4.02. The minimum atomic E-state index is -0.139. The first-order valence-electron chi connectivity index (χ1n) is 9.59. The first-order valence-corrected chi connectivity index (χ1v) is 9.59. The Morgan fingerprint density at radius 3 is 2.18 bits per heavy atom. The summed E-state index contributed by atoms with van der Waals surface area (Å²) < 4.78 is 0. The molecule has 3 N–H and O–H groups in total. The number of nitrogens with one attached hydrogen (secondary N) is 3. The number of H-pyrrole nitrogens is 1. The monoisotopic (exact) mass is 377 g/mol. The number of para-hydroxylation sites is 1. The Balaban J connectivity index is 1.41. The summed E-state index contributed by atoms with van der Waals surface area (Å²) in [6.45, 7) is 7.44. The topological polar surface area (TPSA) is 74.0 Å². The van der Waals surface area contributed by atoms with Gasteiger partial charge in [0.25, 0.3) is 11.8 Å². The van der Waals surface area contributed by atoms with E-state index in [2.05, 4.69) is 36.4 Å². The molecule has 2 amide bonds. The van der Waals surface area contributed by atoms with Gasteiger partial charge in [-0.15, -0.1) is 0 Å². The van der Waals surface area contributed by atoms with Crippen molar-refractivity contribution < 1.29 is 9.59 Å². The average Bonchev–Trinajstić information content (AvgIpc) is 3.11. The highest BCUT2D eigenvalue weighted by atomic mass is 16.2. The van der Waals surface area contributed by atoms with E-state index in [-0.39, 0.29) is 17.2 Å². The summed E-state index contributed by atoms with van der Waals surface area (Å²) >= 11 is 0. The van der Waals surface area contributed by atoms with Crippen LogP contribution < -0.4 is 10.6 Å². The van der Waals surface area contributed by atoms with Crippen molar-refractivity contribution in [3.63, 3.8) is 0 Å². The van der Waals surface area contributed by atoms with Gasteiger partial charge in [0, 0.05) is 29.6 Å². The number of hydrogen-bond donors (Lipinski definition) is 3. The van der Waals surface area contributed by atoms with Crippen molar-refractivity contribution in [3.8, 4) is 0 Å². The molecule has 0 spiro atoms. The number of fused-ring (bicyclic) bond motifs is 1. The number of hydrogen-bond acceptors (Lipinski definition) is 2. The Morgan fingerprint density at radius 1 is 0.893 bits per heavy atom. The predicted molar refractivity (Wildman–Crippen MR) is 113 cm³/mol. The Morgan fingerprint density at radius 2 is 1.54 bits per heavy atom. The molecule has 28 heavy (non-hydrogen) atoms. The van der Waals surface area contributed by atoms with E-state index in [4.69, 9.17) is 0 Å². The van der Waals surface area contributed by atoms with Crippen LogP contribution in [0.3, 0.4) is 0 Å². The lowest BCUT2D eigenvalue weighted by Crippen LogP contribution is -2.30. The molecule has 3 aromatic rings. The number of carbonyl (C=O) groups excluding carboxylic acids is 2. The molecule has 0 bridgehead atoms. The number of benzene rings is 2. The summed E-state index contributed by atoms with van der Waals surface area (Å²) in [5.41, 5.74) is 3.40. The standard InChI is InChI=1S/C23H27N3O2/c1-23(2,3)18-11-9-16(10-12-18)21(27)24-13-6-14-25-22(28)20-15-17-7-4-5-8-19(17)26-20/h4-5,7-12,15,26H,6,13-14H2,1-3H3,(H,24,27)(H,25,28). The van der Waals surface area contributed by atoms with Crippen molar-refractivity contribution in [1.29, 1.82) is 0 Å². The molecule has 0 saturated carbocycles. The summed E-state index contributed by atoms with van der Waals surface area (Å²) in [7, 11) is 0. The van der Waals surface area contributed by atoms with Crippen molar-refractivity contribution >= 4 is 22.7 Å². The molecule has 0 radical (unpaired) electrons. The third-order valence-corrected chi connectivity index (χ3v) is 4.71. The maximum absolute atomic E-state index is 12.2. The van der Waals surface area contributed by atoms with Gasteiger partial charge in [-0.3, -0.25) is 9.59 Å². The summed E-state index contributed by atoms with van der Waals surface area (Å²) in [6, 6.07) is 17.3. The van der Waals surface area contributed by atoms with Gasteiger partial charge < -0.3 is 15.6 Å². The molecule has 0 unspecified atom stereocenters. The minimum Gasteiger partial charge on any atom is -0.352 e. The zero-order chi connectivity index (χ0) is 20.1. The molecule has 0 aliphatic carbocycles. The first-order chi connectivity index (χ1) is 13.3. The van der Waals surface area contributed by atoms with Crippen LogP contribution in [-0.2, 0) is 5.41 Å². The molecule has 3 rings (SSSR count). The lowest BCUT2D eigenvalue weighted by Gasteiger charge is -2.19. The van der Waals surface area contributed by atoms with Crippen molar-refractivity contribution in [2.45, 2.75) is 32.6 Å². The minimum absolute atomic E-state index is 0.0677. The Kier molecular flexibility index (Phi) is 5.83. The zero-order valence-electron chi connectivity index (χ0n) is 16.6. The molecule has 0 aliphatic heterocycles. The SMILES string of the molecule is CC(C)(C)c1ccc(C(=O)NCCCNC(=O)c2cc3ccccc3[nH]2)cc1. The first kappa shape index (κ1) is 19.7. The molecule has 5 nitrogen and oxygen atoms in total. The van der Waals surface area contributed by atoms with Gasteiger partial charge in [0.15, 0.2) is 0 Å². The summed E-state index contributed by atoms with van der Waals surface area (Å²) in [6.07, 6.45) is 0.664. The second kappa shape index (κ2) is 8.30. The average molecular weight is 377 g/mol. The van der Waals surface area contributed by atoms with E-state index in [1.165, 1.54) is 5.56 Å². The van der Waals surface area contributed by atoms with Gasteiger partial charge in [-0.1, -0.05) is 51.1 Å². The van der Waals surface area contributed by atoms with Crippen LogP contribution in [0, 0.1) is 0 Å². The lowest BCUT2D eigenvalue weighted by atomic mass is 9.87. The van der Waals surface area contributed by atoms with E-state index in [9.17, 15) is 9.59 Å². The number of amides is 2. The molecule has 146 valence electrons. The molecule has 5 heteroatoms. The summed E-state index contributed by atoms with van der Waals surface area (Å²) in [4.78, 5) is 27.5. The highest BCUT2D eigenvalue weighted by Gasteiger charge is 2.14. The highest BCUT2D eigenvalue weighted by Crippen LogP contribution is 2.22. The van der Waals surface area contributed by atoms with Gasteiger partial charge in [0.1, 0.15) is 5.69 Å². The van der Waals surface area contributed by atoms with Crippen LogP contribution in [-0.4, -0.2) is 29.9 Å². The van der Waals surface area contributed by atoms with Gasteiger partial charge >= 0.3 is 0 Å². The smallest absolute Gasteiger partial charge is 0.267 e. The highest BCUT2D eigenvalue weighted by molar-refractivity contribution is 5.98. The van der Waals surface area contributed by atoms with E-state index in [1.54, 1.807) is 0 Å². The fourth-order valence-corrected chi connectivity index (χ4v) is 3.01. The van der Waals surface area contributed by atoms with Crippen LogP contribution in [0.15, 0.2) is 54.6 Å². The number of aromatic nitrogens is 1. The van der Waals surface area contributed by atoms with Gasteiger partial charge in [-0.2, -0.15) is 0 Å². The maximum Gasteiger partial charge on any atom is 0.267 e.